The fourth-order valence-corrected chi connectivity index (χ4v) is 3.37. The van der Waals surface area contributed by atoms with Gasteiger partial charge < -0.3 is 5.32 Å². The number of rotatable bonds is 2. The van der Waals surface area contributed by atoms with E-state index in [2.05, 4.69) is 45.1 Å². The zero-order valence-corrected chi connectivity index (χ0v) is 13.7. The molecule has 2 nitrogen and oxygen atoms in total. The predicted octanol–water partition coefficient (Wildman–Crippen LogP) is 4.97. The zero-order chi connectivity index (χ0) is 14.8. The van der Waals surface area contributed by atoms with Crippen LogP contribution in [0.25, 0.3) is 0 Å². The van der Waals surface area contributed by atoms with Crippen LogP contribution in [0.2, 0.25) is 0 Å². The third-order valence-electron chi connectivity index (χ3n) is 4.10. The van der Waals surface area contributed by atoms with E-state index in [1.807, 2.05) is 12.1 Å². The molecule has 1 amide bonds. The summed E-state index contributed by atoms with van der Waals surface area (Å²) in [7, 11) is 0. The van der Waals surface area contributed by atoms with Gasteiger partial charge >= 0.3 is 0 Å². The Morgan fingerprint density at radius 2 is 1.85 bits per heavy atom. The Hall–Kier alpha value is -0.960. The van der Waals surface area contributed by atoms with Crippen LogP contribution in [0.4, 0.5) is 4.79 Å². The van der Waals surface area contributed by atoms with Gasteiger partial charge in [0.2, 0.25) is 0 Å². The lowest BCUT2D eigenvalue weighted by Gasteiger charge is -2.19. The highest BCUT2D eigenvalue weighted by molar-refractivity contribution is 8.13. The molecule has 1 aromatic carbocycles. The minimum absolute atomic E-state index is 0.0762. The summed E-state index contributed by atoms with van der Waals surface area (Å²) in [4.78, 5) is 13.1. The van der Waals surface area contributed by atoms with Gasteiger partial charge in [0.15, 0.2) is 0 Å². The second-order valence-electron chi connectivity index (χ2n) is 6.82. The Morgan fingerprint density at radius 3 is 2.35 bits per heavy atom. The molecule has 20 heavy (non-hydrogen) atoms. The topological polar surface area (TPSA) is 29.1 Å². The number of benzene rings is 1. The minimum Gasteiger partial charge on any atom is -0.344 e. The molecule has 2 atom stereocenters. The summed E-state index contributed by atoms with van der Waals surface area (Å²) in [5.41, 5.74) is 1.46. The smallest absolute Gasteiger partial charge is 0.284 e. The van der Waals surface area contributed by atoms with Crippen molar-refractivity contribution in [3.05, 3.63) is 29.8 Å². The van der Waals surface area contributed by atoms with Gasteiger partial charge in [0.05, 0.1) is 0 Å². The van der Waals surface area contributed by atoms with Gasteiger partial charge in [-0.1, -0.05) is 46.2 Å². The van der Waals surface area contributed by atoms with Gasteiger partial charge in [-0.25, -0.2) is 0 Å². The highest BCUT2D eigenvalue weighted by atomic mass is 32.2. The van der Waals surface area contributed by atoms with Crippen molar-refractivity contribution in [3.8, 4) is 0 Å². The Labute approximate surface area is 126 Å². The van der Waals surface area contributed by atoms with Crippen LogP contribution >= 0.6 is 11.8 Å². The van der Waals surface area contributed by atoms with Gasteiger partial charge in [-0.05, 0) is 53.6 Å². The van der Waals surface area contributed by atoms with Crippen LogP contribution < -0.4 is 5.32 Å². The normalized spacial score (nSPS) is 22.8. The number of thioether (sulfide) groups is 1. The fourth-order valence-electron chi connectivity index (χ4n) is 2.67. The molecule has 0 radical (unpaired) electrons. The molecule has 1 fully saturated rings. The molecule has 1 N–H and O–H groups in total. The Balaban J connectivity index is 1.91. The molecular formula is C17H25NOS. The van der Waals surface area contributed by atoms with Crippen molar-refractivity contribution in [1.82, 2.24) is 5.32 Å². The number of carbonyl (C=O) groups excluding carboxylic acids is 1. The average Bonchev–Trinajstić information content (AvgIpc) is 2.74. The summed E-state index contributed by atoms with van der Waals surface area (Å²) in [6.07, 6.45) is 3.59. The SMILES string of the molecule is CC1CCCC1NC(=O)Sc1ccc(C(C)(C)C)cc1. The van der Waals surface area contributed by atoms with Crippen molar-refractivity contribution >= 4 is 17.0 Å². The summed E-state index contributed by atoms with van der Waals surface area (Å²) >= 11 is 1.30. The summed E-state index contributed by atoms with van der Waals surface area (Å²) in [6, 6.07) is 8.69. The first-order valence-corrected chi connectivity index (χ1v) is 8.27. The largest absolute Gasteiger partial charge is 0.344 e. The van der Waals surface area contributed by atoms with E-state index >= 15 is 0 Å². The second kappa shape index (κ2) is 6.21. The number of carbonyl (C=O) groups is 1. The van der Waals surface area contributed by atoms with Crippen molar-refractivity contribution in [2.45, 2.75) is 63.3 Å². The van der Waals surface area contributed by atoms with Gasteiger partial charge in [-0.3, -0.25) is 4.79 Å². The van der Waals surface area contributed by atoms with Crippen LogP contribution in [0.5, 0.6) is 0 Å². The van der Waals surface area contributed by atoms with Crippen molar-refractivity contribution in [2.75, 3.05) is 0 Å². The molecule has 0 spiro atoms. The summed E-state index contributed by atoms with van der Waals surface area (Å²) in [5, 5.41) is 3.22. The van der Waals surface area contributed by atoms with Crippen LogP contribution in [-0.4, -0.2) is 11.3 Å². The third-order valence-corrected chi connectivity index (χ3v) is 4.91. The van der Waals surface area contributed by atoms with Crippen molar-refractivity contribution in [2.24, 2.45) is 5.92 Å². The van der Waals surface area contributed by atoms with Gasteiger partial charge in [0.25, 0.3) is 5.24 Å². The lowest BCUT2D eigenvalue weighted by molar-refractivity contribution is 0.255. The molecule has 0 aromatic heterocycles. The van der Waals surface area contributed by atoms with Crippen LogP contribution in [0.15, 0.2) is 29.2 Å². The molecule has 1 aliphatic rings. The molecule has 0 bridgehead atoms. The summed E-state index contributed by atoms with van der Waals surface area (Å²) in [6.45, 7) is 8.82. The van der Waals surface area contributed by atoms with E-state index in [0.29, 0.717) is 12.0 Å². The Morgan fingerprint density at radius 1 is 1.20 bits per heavy atom. The highest BCUT2D eigenvalue weighted by Crippen LogP contribution is 2.28. The second-order valence-corrected chi connectivity index (χ2v) is 7.87. The number of hydrogen-bond donors (Lipinski definition) is 1. The van der Waals surface area contributed by atoms with E-state index in [-0.39, 0.29) is 10.7 Å². The Bertz CT molecular complexity index is 461. The lowest BCUT2D eigenvalue weighted by Crippen LogP contribution is -2.33. The molecule has 1 aliphatic carbocycles. The molecular weight excluding hydrogens is 266 g/mol. The van der Waals surface area contributed by atoms with Gasteiger partial charge in [-0.2, -0.15) is 0 Å². The predicted molar refractivity (Wildman–Crippen MR) is 86.3 cm³/mol. The molecule has 3 heteroatoms. The van der Waals surface area contributed by atoms with E-state index in [0.717, 1.165) is 11.3 Å². The average molecular weight is 291 g/mol. The lowest BCUT2D eigenvalue weighted by atomic mass is 9.87. The third kappa shape index (κ3) is 4.02. The monoisotopic (exact) mass is 291 g/mol. The number of hydrogen-bond acceptors (Lipinski definition) is 2. The van der Waals surface area contributed by atoms with Crippen molar-refractivity contribution < 1.29 is 4.79 Å². The maximum Gasteiger partial charge on any atom is 0.284 e. The first-order valence-electron chi connectivity index (χ1n) is 7.45. The molecule has 0 heterocycles. The summed E-state index contributed by atoms with van der Waals surface area (Å²) in [5.74, 6) is 0.614. The van der Waals surface area contributed by atoms with E-state index in [4.69, 9.17) is 0 Å². The van der Waals surface area contributed by atoms with Gasteiger partial charge in [0, 0.05) is 10.9 Å². The summed E-state index contributed by atoms with van der Waals surface area (Å²) < 4.78 is 0. The number of amides is 1. The first kappa shape index (κ1) is 15.4. The van der Waals surface area contributed by atoms with Crippen molar-refractivity contribution in [3.63, 3.8) is 0 Å². The quantitative estimate of drug-likeness (QED) is 0.779. The van der Waals surface area contributed by atoms with Gasteiger partial charge in [-0.15, -0.1) is 0 Å². The molecule has 1 saturated carbocycles. The van der Waals surface area contributed by atoms with E-state index in [1.165, 1.54) is 30.2 Å². The van der Waals surface area contributed by atoms with E-state index < -0.39 is 0 Å². The minimum atomic E-state index is 0.0762. The van der Waals surface area contributed by atoms with Crippen LogP contribution in [-0.2, 0) is 5.41 Å². The van der Waals surface area contributed by atoms with Crippen molar-refractivity contribution in [1.29, 1.82) is 0 Å². The molecule has 110 valence electrons. The van der Waals surface area contributed by atoms with Crippen LogP contribution in [0, 0.1) is 5.92 Å². The number of nitrogens with one attached hydrogen (secondary N) is 1. The van der Waals surface area contributed by atoms with Crippen LogP contribution in [0.3, 0.4) is 0 Å². The molecule has 0 aliphatic heterocycles. The highest BCUT2D eigenvalue weighted by Gasteiger charge is 2.25. The molecule has 2 unspecified atom stereocenters. The zero-order valence-electron chi connectivity index (χ0n) is 12.9. The van der Waals surface area contributed by atoms with E-state index in [1.54, 1.807) is 0 Å². The van der Waals surface area contributed by atoms with Gasteiger partial charge in [0.1, 0.15) is 0 Å². The maximum atomic E-state index is 12.0. The maximum absolute atomic E-state index is 12.0. The Kier molecular flexibility index (Phi) is 4.79. The van der Waals surface area contributed by atoms with E-state index in [9.17, 15) is 4.79 Å². The molecule has 0 saturated heterocycles. The molecule has 2 rings (SSSR count). The fraction of sp³-hybridized carbons (Fsp3) is 0.588. The standard InChI is InChI=1S/C17H25NOS/c1-12-6-5-7-15(12)18-16(19)20-14-10-8-13(9-11-14)17(2,3)4/h8-12,15H,5-7H2,1-4H3,(H,18,19). The van der Waals surface area contributed by atoms with Crippen LogP contribution in [0.1, 0.15) is 52.5 Å². The first-order chi connectivity index (χ1) is 9.36. The molecule has 1 aromatic rings.